The average molecular weight is 307 g/mol. The maximum Gasteiger partial charge on any atom is 0.269 e. The Morgan fingerprint density at radius 1 is 1.24 bits per heavy atom. The van der Waals surface area contributed by atoms with Crippen LogP contribution in [0.3, 0.4) is 0 Å². The van der Waals surface area contributed by atoms with Crippen LogP contribution in [-0.2, 0) is 6.54 Å². The number of nitro benzene ring substituents is 1. The fourth-order valence-corrected chi connectivity index (χ4v) is 2.16. The summed E-state index contributed by atoms with van der Waals surface area (Å²) in [7, 11) is 3.51. The number of halogens is 1. The van der Waals surface area contributed by atoms with E-state index in [1.807, 2.05) is 36.2 Å². The van der Waals surface area contributed by atoms with Crippen LogP contribution in [-0.4, -0.2) is 19.1 Å². The van der Waals surface area contributed by atoms with Crippen molar-refractivity contribution >= 4 is 23.0 Å². The molecule has 0 fully saturated rings. The molecule has 0 saturated carbocycles. The Hall–Kier alpha value is -2.27. The first kappa shape index (κ1) is 15.1. The standard InChI is InChI=1S/C15H15ClN2O3/c1-17(12-3-6-14(21-2)7-4-12)10-11-9-13(18(19)20)5-8-15(11)16/h3-9H,10H2,1-2H3. The van der Waals surface area contributed by atoms with E-state index in [0.717, 1.165) is 11.4 Å². The molecule has 0 atom stereocenters. The van der Waals surface area contributed by atoms with Gasteiger partial charge in [0.05, 0.1) is 12.0 Å². The number of ether oxygens (including phenoxy) is 1. The molecule has 21 heavy (non-hydrogen) atoms. The molecule has 0 bridgehead atoms. The predicted octanol–water partition coefficient (Wildman–Crippen LogP) is 3.89. The highest BCUT2D eigenvalue weighted by Gasteiger charge is 2.12. The van der Waals surface area contributed by atoms with Crippen molar-refractivity contribution in [2.75, 3.05) is 19.1 Å². The van der Waals surface area contributed by atoms with Gasteiger partial charge in [0.15, 0.2) is 0 Å². The largest absolute Gasteiger partial charge is 0.497 e. The number of anilines is 1. The third-order valence-corrected chi connectivity index (χ3v) is 3.53. The minimum Gasteiger partial charge on any atom is -0.497 e. The summed E-state index contributed by atoms with van der Waals surface area (Å²) in [6, 6.07) is 12.0. The lowest BCUT2D eigenvalue weighted by Gasteiger charge is -2.20. The molecule has 0 aliphatic heterocycles. The Bertz CT molecular complexity index is 644. The first-order valence-electron chi connectivity index (χ1n) is 6.29. The molecule has 0 aliphatic carbocycles. The summed E-state index contributed by atoms with van der Waals surface area (Å²) in [6.07, 6.45) is 0. The van der Waals surface area contributed by atoms with Gasteiger partial charge >= 0.3 is 0 Å². The summed E-state index contributed by atoms with van der Waals surface area (Å²) in [5.41, 5.74) is 1.72. The van der Waals surface area contributed by atoms with Crippen LogP contribution in [0, 0.1) is 10.1 Å². The highest BCUT2D eigenvalue weighted by Crippen LogP contribution is 2.25. The molecule has 2 aromatic rings. The first-order valence-corrected chi connectivity index (χ1v) is 6.67. The number of non-ortho nitro benzene ring substituents is 1. The number of nitrogens with zero attached hydrogens (tertiary/aromatic N) is 2. The van der Waals surface area contributed by atoms with E-state index < -0.39 is 4.92 Å². The van der Waals surface area contributed by atoms with Crippen molar-refractivity contribution in [3.63, 3.8) is 0 Å². The van der Waals surface area contributed by atoms with E-state index in [2.05, 4.69) is 0 Å². The van der Waals surface area contributed by atoms with Gasteiger partial charge < -0.3 is 9.64 Å². The Morgan fingerprint density at radius 2 is 1.90 bits per heavy atom. The molecule has 0 amide bonds. The lowest BCUT2D eigenvalue weighted by Crippen LogP contribution is -2.16. The molecule has 5 nitrogen and oxygen atoms in total. The molecule has 0 aliphatic rings. The van der Waals surface area contributed by atoms with E-state index in [1.54, 1.807) is 13.2 Å². The zero-order valence-corrected chi connectivity index (χ0v) is 12.5. The van der Waals surface area contributed by atoms with Crippen LogP contribution in [0.25, 0.3) is 0 Å². The summed E-state index contributed by atoms with van der Waals surface area (Å²) < 4.78 is 5.11. The maximum absolute atomic E-state index is 10.8. The van der Waals surface area contributed by atoms with Gasteiger partial charge in [-0.3, -0.25) is 10.1 Å². The van der Waals surface area contributed by atoms with Gasteiger partial charge in [-0.25, -0.2) is 0 Å². The second-order valence-corrected chi connectivity index (χ2v) is 4.99. The number of hydrogen-bond acceptors (Lipinski definition) is 4. The lowest BCUT2D eigenvalue weighted by atomic mass is 10.1. The second kappa shape index (κ2) is 6.45. The van der Waals surface area contributed by atoms with Crippen LogP contribution < -0.4 is 9.64 Å². The van der Waals surface area contributed by atoms with Crippen molar-refractivity contribution in [3.05, 3.63) is 63.2 Å². The molecule has 110 valence electrons. The molecule has 0 unspecified atom stereocenters. The van der Waals surface area contributed by atoms with Crippen molar-refractivity contribution in [2.24, 2.45) is 0 Å². The van der Waals surface area contributed by atoms with Crippen LogP contribution in [0.4, 0.5) is 11.4 Å². The molecule has 0 aromatic heterocycles. The number of hydrogen-bond donors (Lipinski definition) is 0. The summed E-state index contributed by atoms with van der Waals surface area (Å²) in [6.45, 7) is 0.479. The molecule has 6 heteroatoms. The Kier molecular flexibility index (Phi) is 4.65. The Labute approximate surface area is 127 Å². The van der Waals surface area contributed by atoms with Crippen LogP contribution in [0.5, 0.6) is 5.75 Å². The maximum atomic E-state index is 10.8. The molecule has 2 rings (SSSR count). The van der Waals surface area contributed by atoms with Gasteiger partial charge in [-0.15, -0.1) is 0 Å². The van der Waals surface area contributed by atoms with Gasteiger partial charge in [0.1, 0.15) is 5.75 Å². The molecule has 2 aromatic carbocycles. The quantitative estimate of drug-likeness (QED) is 0.621. The number of benzene rings is 2. The third-order valence-electron chi connectivity index (χ3n) is 3.16. The first-order chi connectivity index (χ1) is 10.0. The van der Waals surface area contributed by atoms with Crippen molar-refractivity contribution in [1.82, 2.24) is 0 Å². The number of rotatable bonds is 5. The average Bonchev–Trinajstić information content (AvgIpc) is 2.49. The summed E-state index contributed by atoms with van der Waals surface area (Å²) in [5, 5.41) is 11.3. The molecular weight excluding hydrogens is 292 g/mol. The summed E-state index contributed by atoms with van der Waals surface area (Å²) >= 11 is 6.11. The van der Waals surface area contributed by atoms with Gasteiger partial charge in [0, 0.05) is 36.4 Å². The fraction of sp³-hybridized carbons (Fsp3) is 0.200. The van der Waals surface area contributed by atoms with Crippen LogP contribution >= 0.6 is 11.6 Å². The summed E-state index contributed by atoms with van der Waals surface area (Å²) in [5.74, 6) is 0.778. The van der Waals surface area contributed by atoms with Crippen molar-refractivity contribution in [1.29, 1.82) is 0 Å². The monoisotopic (exact) mass is 306 g/mol. The van der Waals surface area contributed by atoms with Gasteiger partial charge in [0.2, 0.25) is 0 Å². The molecule has 0 heterocycles. The molecule has 0 spiro atoms. The Balaban J connectivity index is 2.19. The zero-order chi connectivity index (χ0) is 15.4. The topological polar surface area (TPSA) is 55.6 Å². The van der Waals surface area contributed by atoms with E-state index >= 15 is 0 Å². The van der Waals surface area contributed by atoms with E-state index in [9.17, 15) is 10.1 Å². The second-order valence-electron chi connectivity index (χ2n) is 4.59. The van der Waals surface area contributed by atoms with E-state index in [0.29, 0.717) is 17.1 Å². The van der Waals surface area contributed by atoms with E-state index in [-0.39, 0.29) is 5.69 Å². The van der Waals surface area contributed by atoms with Gasteiger partial charge in [-0.1, -0.05) is 11.6 Å². The molecular formula is C15H15ClN2O3. The minimum absolute atomic E-state index is 0.0394. The summed E-state index contributed by atoms with van der Waals surface area (Å²) in [4.78, 5) is 12.4. The molecule has 0 N–H and O–H groups in total. The SMILES string of the molecule is COc1ccc(N(C)Cc2cc([N+](=O)[O-])ccc2Cl)cc1. The Morgan fingerprint density at radius 3 is 2.48 bits per heavy atom. The third kappa shape index (κ3) is 3.64. The fourth-order valence-electron chi connectivity index (χ4n) is 1.98. The molecule has 0 radical (unpaired) electrons. The van der Waals surface area contributed by atoms with Gasteiger partial charge in [0.25, 0.3) is 5.69 Å². The highest BCUT2D eigenvalue weighted by atomic mass is 35.5. The number of nitro groups is 1. The smallest absolute Gasteiger partial charge is 0.269 e. The van der Waals surface area contributed by atoms with Crippen molar-refractivity contribution < 1.29 is 9.66 Å². The van der Waals surface area contributed by atoms with Crippen LogP contribution in [0.2, 0.25) is 5.02 Å². The number of methoxy groups -OCH3 is 1. The lowest BCUT2D eigenvalue weighted by molar-refractivity contribution is -0.384. The van der Waals surface area contributed by atoms with Crippen LogP contribution in [0.15, 0.2) is 42.5 Å². The molecule has 0 saturated heterocycles. The minimum atomic E-state index is -0.423. The van der Waals surface area contributed by atoms with E-state index in [1.165, 1.54) is 12.1 Å². The van der Waals surface area contributed by atoms with E-state index in [4.69, 9.17) is 16.3 Å². The van der Waals surface area contributed by atoms with Crippen molar-refractivity contribution in [3.8, 4) is 5.75 Å². The highest BCUT2D eigenvalue weighted by molar-refractivity contribution is 6.31. The predicted molar refractivity (Wildman–Crippen MR) is 83.2 cm³/mol. The zero-order valence-electron chi connectivity index (χ0n) is 11.7. The van der Waals surface area contributed by atoms with Crippen LogP contribution in [0.1, 0.15) is 5.56 Å². The normalized spacial score (nSPS) is 10.2. The van der Waals surface area contributed by atoms with Crippen molar-refractivity contribution in [2.45, 2.75) is 6.54 Å². The van der Waals surface area contributed by atoms with Gasteiger partial charge in [-0.05, 0) is 35.9 Å². The van der Waals surface area contributed by atoms with Gasteiger partial charge in [-0.2, -0.15) is 0 Å².